The second kappa shape index (κ2) is 6.61. The highest BCUT2D eigenvalue weighted by Crippen LogP contribution is 2.41. The van der Waals surface area contributed by atoms with Crippen LogP contribution in [0.3, 0.4) is 0 Å². The van der Waals surface area contributed by atoms with Crippen molar-refractivity contribution < 1.29 is 17.6 Å². The molecular weight excluding hydrogens is 355 g/mol. The van der Waals surface area contributed by atoms with Crippen molar-refractivity contribution in [2.45, 2.75) is 37.0 Å². The van der Waals surface area contributed by atoms with E-state index in [0.717, 1.165) is 37.8 Å². The third kappa shape index (κ3) is 3.43. The number of sulfonamides is 1. The van der Waals surface area contributed by atoms with E-state index >= 15 is 0 Å². The zero-order valence-electron chi connectivity index (χ0n) is 13.2. The number of nitrogens with one attached hydrogen (secondary N) is 1. The molecule has 3 rings (SSSR count). The van der Waals surface area contributed by atoms with Crippen molar-refractivity contribution >= 4 is 27.5 Å². The Hall–Kier alpha value is -1.18. The third-order valence-corrected chi connectivity index (χ3v) is 7.36. The summed E-state index contributed by atoms with van der Waals surface area (Å²) in [5.41, 5.74) is 0.0334. The minimum Gasteiger partial charge on any atom is -0.356 e. The Morgan fingerprint density at radius 3 is 2.54 bits per heavy atom. The summed E-state index contributed by atoms with van der Waals surface area (Å²) in [5, 5.41) is 2.68. The summed E-state index contributed by atoms with van der Waals surface area (Å²) in [7, 11) is -3.68. The molecule has 2 heterocycles. The molecule has 1 spiro atoms. The average molecular weight is 375 g/mol. The number of carbonyl (C=O) groups is 1. The summed E-state index contributed by atoms with van der Waals surface area (Å²) in [5.74, 6) is -0.563. The normalized spacial score (nSPS) is 22.2. The highest BCUT2D eigenvalue weighted by Gasteiger charge is 2.39. The molecule has 2 aliphatic rings. The van der Waals surface area contributed by atoms with Gasteiger partial charge in [-0.1, -0.05) is 11.6 Å². The molecule has 0 atom stereocenters. The van der Waals surface area contributed by atoms with Gasteiger partial charge in [-0.15, -0.1) is 0 Å². The highest BCUT2D eigenvalue weighted by molar-refractivity contribution is 7.89. The molecule has 132 valence electrons. The van der Waals surface area contributed by atoms with Crippen LogP contribution in [0.2, 0.25) is 5.02 Å². The van der Waals surface area contributed by atoms with Gasteiger partial charge in [0.25, 0.3) is 0 Å². The van der Waals surface area contributed by atoms with Crippen LogP contribution in [0.25, 0.3) is 0 Å². The molecule has 2 aliphatic heterocycles. The standard InChI is InChI=1S/C16H20ClFN2O3S/c17-13-11-12(1-2-14(13)18)24(22,23)20-9-6-16(7-10-20)4-3-15(21)19-8-5-16/h1-2,11H,3-10H2,(H,19,21). The Morgan fingerprint density at radius 2 is 1.88 bits per heavy atom. The van der Waals surface area contributed by atoms with Crippen molar-refractivity contribution in [1.82, 2.24) is 9.62 Å². The summed E-state index contributed by atoms with van der Waals surface area (Å²) in [4.78, 5) is 11.5. The first-order valence-electron chi connectivity index (χ1n) is 8.04. The fraction of sp³-hybridized carbons (Fsp3) is 0.562. The van der Waals surface area contributed by atoms with Gasteiger partial charge in [0.05, 0.1) is 9.92 Å². The fourth-order valence-electron chi connectivity index (χ4n) is 3.55. The molecule has 1 N–H and O–H groups in total. The Bertz CT molecular complexity index is 746. The average Bonchev–Trinajstić information content (AvgIpc) is 2.73. The van der Waals surface area contributed by atoms with Crippen LogP contribution in [0.1, 0.15) is 32.1 Å². The van der Waals surface area contributed by atoms with Crippen LogP contribution >= 0.6 is 11.6 Å². The predicted molar refractivity (Wildman–Crippen MR) is 88.7 cm³/mol. The molecule has 24 heavy (non-hydrogen) atoms. The van der Waals surface area contributed by atoms with E-state index in [4.69, 9.17) is 11.6 Å². The zero-order valence-corrected chi connectivity index (χ0v) is 14.8. The highest BCUT2D eigenvalue weighted by atomic mass is 35.5. The molecule has 1 aromatic carbocycles. The minimum absolute atomic E-state index is 0.0163. The second-order valence-electron chi connectivity index (χ2n) is 6.58. The first kappa shape index (κ1) is 17.6. The summed E-state index contributed by atoms with van der Waals surface area (Å²) >= 11 is 5.71. The maximum Gasteiger partial charge on any atom is 0.243 e. The summed E-state index contributed by atoms with van der Waals surface area (Å²) in [6, 6.07) is 3.48. The van der Waals surface area contributed by atoms with Gasteiger partial charge in [0.15, 0.2) is 0 Å². The molecule has 1 aromatic rings. The lowest BCUT2D eigenvalue weighted by atomic mass is 9.73. The summed E-state index contributed by atoms with van der Waals surface area (Å²) in [6.07, 6.45) is 3.65. The lowest BCUT2D eigenvalue weighted by Crippen LogP contribution is -2.43. The fourth-order valence-corrected chi connectivity index (χ4v) is 5.26. The van der Waals surface area contributed by atoms with Gasteiger partial charge in [-0.3, -0.25) is 4.79 Å². The number of benzene rings is 1. The van der Waals surface area contributed by atoms with Crippen molar-refractivity contribution in [1.29, 1.82) is 0 Å². The van der Waals surface area contributed by atoms with Gasteiger partial charge < -0.3 is 5.32 Å². The summed E-state index contributed by atoms with van der Waals surface area (Å²) in [6.45, 7) is 1.47. The molecule has 0 aliphatic carbocycles. The van der Waals surface area contributed by atoms with Gasteiger partial charge in [-0.2, -0.15) is 4.31 Å². The van der Waals surface area contributed by atoms with E-state index in [9.17, 15) is 17.6 Å². The molecule has 2 fully saturated rings. The van der Waals surface area contributed by atoms with Gasteiger partial charge in [0.2, 0.25) is 15.9 Å². The molecule has 0 radical (unpaired) electrons. The van der Waals surface area contributed by atoms with E-state index in [1.54, 1.807) is 0 Å². The van der Waals surface area contributed by atoms with Crippen molar-refractivity contribution in [3.8, 4) is 0 Å². The third-order valence-electron chi connectivity index (χ3n) is 5.17. The van der Waals surface area contributed by atoms with E-state index < -0.39 is 15.8 Å². The maximum absolute atomic E-state index is 13.3. The van der Waals surface area contributed by atoms with Gasteiger partial charge in [-0.05, 0) is 49.3 Å². The van der Waals surface area contributed by atoms with Crippen LogP contribution in [0.5, 0.6) is 0 Å². The van der Waals surface area contributed by atoms with Crippen molar-refractivity contribution in [3.63, 3.8) is 0 Å². The molecule has 0 bridgehead atoms. The topological polar surface area (TPSA) is 66.5 Å². The SMILES string of the molecule is O=C1CCC2(CCN1)CCN(S(=O)(=O)c1ccc(F)c(Cl)c1)CC2. The molecule has 8 heteroatoms. The Labute approximate surface area is 146 Å². The van der Waals surface area contributed by atoms with E-state index in [1.165, 1.54) is 10.4 Å². The van der Waals surface area contributed by atoms with Crippen LogP contribution in [0, 0.1) is 11.2 Å². The second-order valence-corrected chi connectivity index (χ2v) is 8.93. The van der Waals surface area contributed by atoms with Gasteiger partial charge in [0, 0.05) is 26.1 Å². The summed E-state index contributed by atoms with van der Waals surface area (Å²) < 4.78 is 40.1. The first-order valence-corrected chi connectivity index (χ1v) is 9.86. The van der Waals surface area contributed by atoms with Crippen LogP contribution in [0.15, 0.2) is 23.1 Å². The molecule has 0 aromatic heterocycles. The van der Waals surface area contributed by atoms with Crippen LogP contribution < -0.4 is 5.32 Å². The zero-order chi connectivity index (χ0) is 17.4. The molecule has 0 unspecified atom stereocenters. The van der Waals surface area contributed by atoms with Crippen LogP contribution in [-0.4, -0.2) is 38.3 Å². The first-order chi connectivity index (χ1) is 11.3. The van der Waals surface area contributed by atoms with E-state index in [1.807, 2.05) is 0 Å². The molecular formula is C16H20ClFN2O3S. The number of nitrogens with zero attached hydrogens (tertiary/aromatic N) is 1. The monoisotopic (exact) mass is 374 g/mol. The predicted octanol–water partition coefficient (Wildman–Crippen LogP) is 2.55. The smallest absolute Gasteiger partial charge is 0.243 e. The van der Waals surface area contributed by atoms with Crippen molar-refractivity contribution in [3.05, 3.63) is 29.0 Å². The number of hydrogen-bond acceptors (Lipinski definition) is 3. The number of rotatable bonds is 2. The number of halogens is 2. The quantitative estimate of drug-likeness (QED) is 0.865. The van der Waals surface area contributed by atoms with Gasteiger partial charge in [-0.25, -0.2) is 12.8 Å². The number of hydrogen-bond donors (Lipinski definition) is 1. The lowest BCUT2D eigenvalue weighted by Gasteiger charge is -2.40. The van der Waals surface area contributed by atoms with E-state index in [-0.39, 0.29) is 21.2 Å². The van der Waals surface area contributed by atoms with Crippen LogP contribution in [-0.2, 0) is 14.8 Å². The van der Waals surface area contributed by atoms with Crippen LogP contribution in [0.4, 0.5) is 4.39 Å². The molecule has 0 saturated carbocycles. The van der Waals surface area contributed by atoms with Crippen molar-refractivity contribution in [2.75, 3.05) is 19.6 Å². The van der Waals surface area contributed by atoms with Gasteiger partial charge >= 0.3 is 0 Å². The number of amides is 1. The Kier molecular flexibility index (Phi) is 4.86. The Balaban J connectivity index is 1.73. The molecule has 1 amide bonds. The largest absolute Gasteiger partial charge is 0.356 e. The van der Waals surface area contributed by atoms with E-state index in [0.29, 0.717) is 26.1 Å². The Morgan fingerprint density at radius 1 is 1.17 bits per heavy atom. The van der Waals surface area contributed by atoms with Gasteiger partial charge in [0.1, 0.15) is 5.82 Å². The molecule has 5 nitrogen and oxygen atoms in total. The number of piperidine rings is 1. The maximum atomic E-state index is 13.3. The van der Waals surface area contributed by atoms with E-state index in [2.05, 4.69) is 5.32 Å². The number of carbonyl (C=O) groups excluding carboxylic acids is 1. The molecule has 2 saturated heterocycles. The minimum atomic E-state index is -3.68. The van der Waals surface area contributed by atoms with Crippen molar-refractivity contribution in [2.24, 2.45) is 5.41 Å². The lowest BCUT2D eigenvalue weighted by molar-refractivity contribution is -0.120.